The maximum absolute atomic E-state index is 14.6. The van der Waals surface area contributed by atoms with Crippen LogP contribution in [-0.2, 0) is 58.8 Å². The van der Waals surface area contributed by atoms with Crippen LogP contribution >= 0.6 is 46.4 Å². The Morgan fingerprint density at radius 1 is 0.835 bits per heavy atom. The summed E-state index contributed by atoms with van der Waals surface area (Å²) in [5, 5.41) is 5.71. The second-order valence-corrected chi connectivity index (χ2v) is 23.2. The molecule has 4 aromatic rings. The van der Waals surface area contributed by atoms with Crippen molar-refractivity contribution in [3.63, 3.8) is 0 Å². The van der Waals surface area contributed by atoms with Gasteiger partial charge in [0.15, 0.2) is 11.9 Å². The van der Waals surface area contributed by atoms with Crippen molar-refractivity contribution in [2.45, 2.75) is 113 Å². The Bertz CT molecular complexity index is 2690. The van der Waals surface area contributed by atoms with Crippen LogP contribution in [0.4, 0.5) is 4.79 Å². The number of carbonyl (C=O) groups excluding carboxylic acids is 5. The first-order valence-electron chi connectivity index (χ1n) is 26.3. The minimum absolute atomic E-state index is 0.0433. The molecule has 6 rings (SSSR count). The van der Waals surface area contributed by atoms with E-state index in [9.17, 15) is 24.0 Å². The Morgan fingerprint density at radius 2 is 1.51 bits per heavy atom. The fourth-order valence-electron chi connectivity index (χ4n) is 9.54. The summed E-state index contributed by atoms with van der Waals surface area (Å²) in [5.41, 5.74) is 5.67. The fourth-order valence-corrected chi connectivity index (χ4v) is 9.99. The number of benzene rings is 4. The van der Waals surface area contributed by atoms with Crippen LogP contribution in [0.2, 0.25) is 5.02 Å². The highest BCUT2D eigenvalue weighted by atomic mass is 35.6. The maximum Gasteiger partial charge on any atom is 0.407 e. The summed E-state index contributed by atoms with van der Waals surface area (Å²) in [4.78, 5) is 69.4. The molecule has 0 radical (unpaired) electrons. The van der Waals surface area contributed by atoms with E-state index in [0.717, 1.165) is 27.8 Å². The van der Waals surface area contributed by atoms with Gasteiger partial charge in [0, 0.05) is 37.8 Å². The lowest BCUT2D eigenvalue weighted by Gasteiger charge is -2.31. The van der Waals surface area contributed by atoms with E-state index >= 15 is 0 Å². The van der Waals surface area contributed by atoms with E-state index in [0.29, 0.717) is 30.9 Å². The van der Waals surface area contributed by atoms with Gasteiger partial charge in [0.05, 0.1) is 30.8 Å². The van der Waals surface area contributed by atoms with E-state index in [2.05, 4.69) is 17.2 Å². The summed E-state index contributed by atoms with van der Waals surface area (Å²) in [6.07, 6.45) is 0.624. The molecule has 0 unspecified atom stereocenters. The third kappa shape index (κ3) is 18.7. The molecule has 0 spiro atoms. The van der Waals surface area contributed by atoms with Gasteiger partial charge in [-0.25, -0.2) is 14.4 Å². The van der Waals surface area contributed by atoms with Crippen LogP contribution in [0.25, 0.3) is 11.1 Å². The molecule has 1 aliphatic carbocycles. The van der Waals surface area contributed by atoms with E-state index in [1.807, 2.05) is 99.6 Å². The van der Waals surface area contributed by atoms with E-state index in [1.165, 1.54) is 19.3 Å². The van der Waals surface area contributed by atoms with Crippen LogP contribution in [0.3, 0.4) is 0 Å². The van der Waals surface area contributed by atoms with Gasteiger partial charge in [-0.05, 0) is 90.6 Å². The lowest BCUT2D eigenvalue weighted by atomic mass is 9.89. The zero-order valence-electron chi connectivity index (χ0n) is 45.3. The van der Waals surface area contributed by atoms with E-state index in [-0.39, 0.29) is 55.7 Å². The maximum atomic E-state index is 14.6. The molecule has 79 heavy (non-hydrogen) atoms. The fraction of sp³-hybridized carbons (Fsp3) is 0.450. The Morgan fingerprint density at radius 3 is 2.14 bits per heavy atom. The van der Waals surface area contributed by atoms with Crippen molar-refractivity contribution < 1.29 is 61.9 Å². The highest BCUT2D eigenvalue weighted by Crippen LogP contribution is 2.45. The molecule has 1 saturated heterocycles. The molecule has 4 aromatic carbocycles. The second kappa shape index (κ2) is 29.7. The van der Waals surface area contributed by atoms with Gasteiger partial charge in [-0.15, -0.1) is 6.58 Å². The molecule has 426 valence electrons. The first-order valence-corrected chi connectivity index (χ1v) is 27.8. The summed E-state index contributed by atoms with van der Waals surface area (Å²) >= 11 is 24.0. The van der Waals surface area contributed by atoms with Crippen molar-refractivity contribution in [1.82, 2.24) is 10.6 Å². The normalized spacial score (nSPS) is 17.6. The van der Waals surface area contributed by atoms with Gasteiger partial charge in [-0.1, -0.05) is 164 Å². The molecule has 1 heterocycles. The zero-order chi connectivity index (χ0) is 57.3. The summed E-state index contributed by atoms with van der Waals surface area (Å²) in [7, 11) is 1.46. The Hall–Kier alpha value is -5.65. The average Bonchev–Trinajstić information content (AvgIpc) is 4.08. The van der Waals surface area contributed by atoms with Crippen molar-refractivity contribution >= 4 is 76.3 Å². The van der Waals surface area contributed by atoms with Gasteiger partial charge in [0.25, 0.3) is 0 Å². The van der Waals surface area contributed by atoms with Crippen molar-refractivity contribution in [3.8, 4) is 16.9 Å². The molecule has 19 heteroatoms. The molecule has 2 aliphatic rings. The number of hydrogen-bond acceptors (Lipinski definition) is 13. The molecular weight excluding hydrogens is 1100 g/mol. The van der Waals surface area contributed by atoms with Gasteiger partial charge >= 0.3 is 24.0 Å². The molecule has 1 aliphatic heterocycles. The summed E-state index contributed by atoms with van der Waals surface area (Å²) in [6.45, 7) is 12.8. The molecule has 2 N–H and O–H groups in total. The number of hydrogen-bond donors (Lipinski definition) is 2. The quantitative estimate of drug-likeness (QED) is 0.0137. The Kier molecular flexibility index (Phi) is 23.5. The average molecular weight is 1170 g/mol. The van der Waals surface area contributed by atoms with E-state index < -0.39 is 88.4 Å². The number of fused-ring (bicyclic) bond motifs is 3. The standard InChI is InChI=1S/C60H70Cl4N2O13/c1-8-29-73-30-17-20-41(34-65-58(71)74-35-46-44-23-14-12-21-42(44)43-22-13-15-24-45(43)46)55(68)77-51(31-37(2)3)57(70)76-49(38(4)53-54(79-59(5,6)78-53)40-18-10-9-11-19-40)25-16-26-52(67)66-48(56(69)75-36-60(62,63)64)33-39-27-28-50(72-7)47(61)32-39/h8-16,18-19,21-24,26-28,32,37-38,41,46,48-49,51,53-54H,1,17,20,25,29-31,33-36H2,2-7H3,(H,65,71)(H,66,67)/b26-16+/t38-,41+,48+,49-,51-,53+,54+/m0/s1. The number of ether oxygens (including phenoxy) is 8. The van der Waals surface area contributed by atoms with Crippen LogP contribution in [0.15, 0.2) is 122 Å². The number of alkyl carbamates (subject to hydrolysis) is 1. The molecule has 0 aromatic heterocycles. The van der Waals surface area contributed by atoms with Crippen LogP contribution in [0.5, 0.6) is 5.75 Å². The predicted octanol–water partition coefficient (Wildman–Crippen LogP) is 11.8. The van der Waals surface area contributed by atoms with E-state index in [1.54, 1.807) is 38.1 Å². The van der Waals surface area contributed by atoms with Gasteiger partial charge < -0.3 is 48.5 Å². The molecule has 15 nitrogen and oxygen atoms in total. The van der Waals surface area contributed by atoms with Crippen molar-refractivity contribution in [2.75, 3.05) is 40.1 Å². The van der Waals surface area contributed by atoms with Crippen LogP contribution < -0.4 is 15.4 Å². The molecule has 1 fully saturated rings. The van der Waals surface area contributed by atoms with Crippen LogP contribution in [-0.4, -0.2) is 104 Å². The minimum Gasteiger partial charge on any atom is -0.495 e. The smallest absolute Gasteiger partial charge is 0.407 e. The van der Waals surface area contributed by atoms with Crippen molar-refractivity contribution in [3.05, 3.63) is 149 Å². The van der Waals surface area contributed by atoms with Gasteiger partial charge in [0.1, 0.15) is 37.2 Å². The largest absolute Gasteiger partial charge is 0.495 e. The Labute approximate surface area is 482 Å². The SMILES string of the molecule is C=CCOCCC[C@H](CNC(=O)OCC1c2ccccc2-c2ccccc21)C(=O)O[C@@H](CC(C)C)C(=O)O[C@@H](C/C=C/C(=O)N[C@H](Cc1ccc(OC)c(Cl)c1)C(=O)OCC(Cl)(Cl)Cl)[C@H](C)[C@H]1OC(C)(C)O[C@@H]1c1ccccc1. The van der Waals surface area contributed by atoms with E-state index in [4.69, 9.17) is 84.3 Å². The number of methoxy groups -OCH3 is 1. The highest BCUT2D eigenvalue weighted by Gasteiger charge is 2.47. The van der Waals surface area contributed by atoms with Gasteiger partial charge in [-0.3, -0.25) is 9.59 Å². The Balaban J connectivity index is 1.20. The molecule has 2 amide bonds. The van der Waals surface area contributed by atoms with Crippen molar-refractivity contribution in [2.24, 2.45) is 17.8 Å². The summed E-state index contributed by atoms with van der Waals surface area (Å²) in [5.74, 6) is -5.60. The van der Waals surface area contributed by atoms with Crippen LogP contribution in [0, 0.1) is 17.8 Å². The number of amides is 2. The highest BCUT2D eigenvalue weighted by molar-refractivity contribution is 6.67. The molecule has 0 bridgehead atoms. The number of carbonyl (C=O) groups is 5. The predicted molar refractivity (Wildman–Crippen MR) is 303 cm³/mol. The monoisotopic (exact) mass is 1170 g/mol. The topological polar surface area (TPSA) is 183 Å². The molecule has 0 saturated carbocycles. The zero-order valence-corrected chi connectivity index (χ0v) is 48.3. The van der Waals surface area contributed by atoms with Crippen molar-refractivity contribution in [1.29, 1.82) is 0 Å². The summed E-state index contributed by atoms with van der Waals surface area (Å²) < 4.78 is 45.4. The summed E-state index contributed by atoms with van der Waals surface area (Å²) in [6, 6.07) is 29.1. The molecular formula is C60H70Cl4N2O13. The minimum atomic E-state index is -1.92. The number of alkyl halides is 3. The first-order chi connectivity index (χ1) is 37.7. The number of rotatable bonds is 28. The molecule has 7 atom stereocenters. The number of nitrogens with one attached hydrogen (secondary N) is 2. The van der Waals surface area contributed by atoms with Gasteiger partial charge in [0.2, 0.25) is 9.70 Å². The third-order valence-electron chi connectivity index (χ3n) is 13.4. The van der Waals surface area contributed by atoms with Gasteiger partial charge in [-0.2, -0.15) is 0 Å². The number of halogens is 4. The lowest BCUT2D eigenvalue weighted by Crippen LogP contribution is -2.43. The second-order valence-electron chi connectivity index (χ2n) is 20.3. The lowest BCUT2D eigenvalue weighted by molar-refractivity contribution is -0.180. The first kappa shape index (κ1) is 62.5. The third-order valence-corrected chi connectivity index (χ3v) is 14.0. The van der Waals surface area contributed by atoms with Crippen LogP contribution in [0.1, 0.15) is 94.6 Å². The number of esters is 3.